The molecule has 0 saturated heterocycles. The van der Waals surface area contributed by atoms with E-state index in [-0.39, 0.29) is 6.10 Å². The summed E-state index contributed by atoms with van der Waals surface area (Å²) in [5.41, 5.74) is 5.42. The standard InChI is InChI=1S/C25H26N4O2S/c1-14-5-4-6-15(2)22(14)28-25(32)29-24-18-11-21(20(30-3)12-19(18)26-13-27-24)31-23-16-7-8-17(23)10-9-16/h4-7,11-13,17,23H,8-10H2,1-3H3,(H2,26,27,28,29,32). The average molecular weight is 447 g/mol. The van der Waals surface area contributed by atoms with Gasteiger partial charge in [0.25, 0.3) is 0 Å². The highest BCUT2D eigenvalue weighted by molar-refractivity contribution is 7.80. The van der Waals surface area contributed by atoms with Crippen LogP contribution in [0.3, 0.4) is 0 Å². The van der Waals surface area contributed by atoms with Crippen LogP contribution in [0.5, 0.6) is 11.5 Å². The molecule has 7 heteroatoms. The van der Waals surface area contributed by atoms with Crippen molar-refractivity contribution in [2.75, 3.05) is 17.7 Å². The van der Waals surface area contributed by atoms with Gasteiger partial charge >= 0.3 is 0 Å². The van der Waals surface area contributed by atoms with E-state index in [9.17, 15) is 0 Å². The van der Waals surface area contributed by atoms with E-state index >= 15 is 0 Å². The fourth-order valence-electron chi connectivity index (χ4n) is 4.70. The maximum atomic E-state index is 6.45. The molecule has 3 aromatic rings. The molecule has 1 fully saturated rings. The number of thiocarbonyl (C=S) groups is 1. The fourth-order valence-corrected chi connectivity index (χ4v) is 4.90. The van der Waals surface area contributed by atoms with Crippen molar-refractivity contribution in [2.24, 2.45) is 5.92 Å². The molecule has 2 atom stereocenters. The lowest BCUT2D eigenvalue weighted by Gasteiger charge is -2.20. The number of hydrogen-bond donors (Lipinski definition) is 2. The van der Waals surface area contributed by atoms with Crippen molar-refractivity contribution in [1.82, 2.24) is 9.97 Å². The minimum atomic E-state index is 0.133. The Hall–Kier alpha value is -3.19. The quantitative estimate of drug-likeness (QED) is 0.393. The second-order valence-electron chi connectivity index (χ2n) is 8.44. The molecule has 2 unspecified atom stereocenters. The number of hydrogen-bond acceptors (Lipinski definition) is 5. The van der Waals surface area contributed by atoms with Gasteiger partial charge in [-0.2, -0.15) is 0 Å². The largest absolute Gasteiger partial charge is 0.493 e. The molecular weight excluding hydrogens is 420 g/mol. The van der Waals surface area contributed by atoms with Gasteiger partial charge in [-0.1, -0.05) is 24.3 Å². The topological polar surface area (TPSA) is 68.3 Å². The number of aryl methyl sites for hydroxylation is 2. The SMILES string of the molecule is COc1cc2ncnc(NC(=S)Nc3c(C)cccc3C)c2cc1OC1C2=CCC1CC2. The van der Waals surface area contributed by atoms with Gasteiger partial charge in [0.2, 0.25) is 0 Å². The third-order valence-electron chi connectivity index (χ3n) is 6.41. The van der Waals surface area contributed by atoms with E-state index in [2.05, 4.69) is 52.7 Å². The van der Waals surface area contributed by atoms with Gasteiger partial charge in [0.05, 0.1) is 12.6 Å². The van der Waals surface area contributed by atoms with Gasteiger partial charge in [-0.15, -0.1) is 0 Å². The maximum Gasteiger partial charge on any atom is 0.176 e. The number of para-hydroxylation sites is 1. The van der Waals surface area contributed by atoms with Gasteiger partial charge in [-0.3, -0.25) is 0 Å². The molecule has 2 aliphatic carbocycles. The lowest BCUT2D eigenvalue weighted by molar-refractivity contribution is 0.192. The number of fused-ring (bicyclic) bond motifs is 3. The Morgan fingerprint density at radius 3 is 2.56 bits per heavy atom. The number of nitrogens with zero attached hydrogens (tertiary/aromatic N) is 2. The zero-order chi connectivity index (χ0) is 22.2. The summed E-state index contributed by atoms with van der Waals surface area (Å²) in [4.78, 5) is 8.87. The van der Waals surface area contributed by atoms with E-state index in [1.165, 1.54) is 18.3 Å². The summed E-state index contributed by atoms with van der Waals surface area (Å²) >= 11 is 5.59. The Morgan fingerprint density at radius 2 is 1.91 bits per heavy atom. The molecule has 1 saturated carbocycles. The van der Waals surface area contributed by atoms with E-state index in [0.29, 0.717) is 28.3 Å². The van der Waals surface area contributed by atoms with Gasteiger partial charge in [-0.25, -0.2) is 9.97 Å². The molecule has 1 aromatic heterocycles. The first-order valence-corrected chi connectivity index (χ1v) is 11.3. The predicted octanol–water partition coefficient (Wildman–Crippen LogP) is 5.55. The van der Waals surface area contributed by atoms with Gasteiger partial charge in [0, 0.05) is 23.1 Å². The Morgan fingerprint density at radius 1 is 1.09 bits per heavy atom. The van der Waals surface area contributed by atoms with Crippen LogP contribution in [-0.4, -0.2) is 28.3 Å². The van der Waals surface area contributed by atoms with Crippen LogP contribution in [0.2, 0.25) is 0 Å². The van der Waals surface area contributed by atoms with E-state index < -0.39 is 0 Å². The van der Waals surface area contributed by atoms with Gasteiger partial charge in [0.1, 0.15) is 18.2 Å². The first kappa shape index (κ1) is 20.7. The summed E-state index contributed by atoms with van der Waals surface area (Å²) in [6, 6.07) is 9.99. The smallest absolute Gasteiger partial charge is 0.176 e. The van der Waals surface area contributed by atoms with Crippen molar-refractivity contribution >= 4 is 39.7 Å². The highest BCUT2D eigenvalue weighted by Crippen LogP contribution is 2.44. The molecule has 0 amide bonds. The summed E-state index contributed by atoms with van der Waals surface area (Å²) in [7, 11) is 1.65. The molecule has 0 aliphatic heterocycles. The minimum Gasteiger partial charge on any atom is -0.493 e. The van der Waals surface area contributed by atoms with Gasteiger partial charge in [-0.05, 0) is 68.1 Å². The van der Waals surface area contributed by atoms with Crippen molar-refractivity contribution < 1.29 is 9.47 Å². The summed E-state index contributed by atoms with van der Waals surface area (Å²) < 4.78 is 12.1. The molecule has 2 aromatic carbocycles. The number of aromatic nitrogens is 2. The van der Waals surface area contributed by atoms with Crippen LogP contribution in [0.15, 0.2) is 48.3 Å². The molecule has 0 spiro atoms. The lowest BCUT2D eigenvalue weighted by Crippen LogP contribution is -2.21. The predicted molar refractivity (Wildman–Crippen MR) is 132 cm³/mol. The van der Waals surface area contributed by atoms with Crippen LogP contribution in [0.25, 0.3) is 10.9 Å². The van der Waals surface area contributed by atoms with E-state index in [1.54, 1.807) is 7.11 Å². The molecule has 1 heterocycles. The Bertz CT molecular complexity index is 1220. The van der Waals surface area contributed by atoms with Crippen LogP contribution in [0, 0.1) is 19.8 Å². The summed E-state index contributed by atoms with van der Waals surface area (Å²) in [5, 5.41) is 7.84. The van der Waals surface area contributed by atoms with Crippen molar-refractivity contribution in [3.8, 4) is 11.5 Å². The zero-order valence-electron chi connectivity index (χ0n) is 18.4. The molecule has 2 N–H and O–H groups in total. The molecule has 6 nitrogen and oxygen atoms in total. The number of benzene rings is 2. The Labute approximate surface area is 193 Å². The summed E-state index contributed by atoms with van der Waals surface area (Å²) in [6.45, 7) is 4.11. The van der Waals surface area contributed by atoms with Crippen LogP contribution in [-0.2, 0) is 0 Å². The molecular formula is C25H26N4O2S. The van der Waals surface area contributed by atoms with Crippen LogP contribution in [0.1, 0.15) is 30.4 Å². The normalized spacial score (nSPS) is 19.0. The van der Waals surface area contributed by atoms with Gasteiger partial charge in [0.15, 0.2) is 16.6 Å². The van der Waals surface area contributed by atoms with Crippen molar-refractivity contribution in [1.29, 1.82) is 0 Å². The molecule has 2 aliphatic rings. The average Bonchev–Trinajstić information content (AvgIpc) is 3.35. The van der Waals surface area contributed by atoms with E-state index in [1.807, 2.05) is 18.2 Å². The second kappa shape index (κ2) is 8.39. The summed E-state index contributed by atoms with van der Waals surface area (Å²) in [5.74, 6) is 2.56. The van der Waals surface area contributed by atoms with Crippen molar-refractivity contribution in [3.05, 3.63) is 59.4 Å². The monoisotopic (exact) mass is 446 g/mol. The first-order valence-electron chi connectivity index (χ1n) is 10.9. The number of nitrogens with one attached hydrogen (secondary N) is 2. The maximum absolute atomic E-state index is 6.45. The minimum absolute atomic E-state index is 0.133. The van der Waals surface area contributed by atoms with E-state index in [4.69, 9.17) is 21.7 Å². The number of allylic oxidation sites excluding steroid dienone is 1. The second-order valence-corrected chi connectivity index (χ2v) is 8.85. The van der Waals surface area contributed by atoms with E-state index in [0.717, 1.165) is 40.6 Å². The third kappa shape index (κ3) is 3.77. The highest BCUT2D eigenvalue weighted by atomic mass is 32.1. The fraction of sp³-hybridized carbons (Fsp3) is 0.320. The van der Waals surface area contributed by atoms with Crippen molar-refractivity contribution in [3.63, 3.8) is 0 Å². The van der Waals surface area contributed by atoms with Crippen molar-refractivity contribution in [2.45, 2.75) is 39.2 Å². The lowest BCUT2D eigenvalue weighted by atomic mass is 10.1. The number of rotatable bonds is 5. The number of methoxy groups -OCH3 is 1. The third-order valence-corrected chi connectivity index (χ3v) is 6.61. The van der Waals surface area contributed by atoms with Crippen LogP contribution in [0.4, 0.5) is 11.5 Å². The molecule has 164 valence electrons. The Kier molecular flexibility index (Phi) is 5.43. The van der Waals surface area contributed by atoms with Crippen LogP contribution < -0.4 is 20.1 Å². The first-order chi connectivity index (χ1) is 15.5. The molecule has 2 bridgehead atoms. The highest BCUT2D eigenvalue weighted by Gasteiger charge is 2.37. The summed E-state index contributed by atoms with van der Waals surface area (Å²) in [6.07, 6.45) is 7.40. The zero-order valence-corrected chi connectivity index (χ0v) is 19.3. The number of ether oxygens (including phenoxy) is 2. The number of anilines is 2. The molecule has 0 radical (unpaired) electrons. The van der Waals surface area contributed by atoms with Crippen LogP contribution >= 0.6 is 12.2 Å². The molecule has 32 heavy (non-hydrogen) atoms. The van der Waals surface area contributed by atoms with Gasteiger partial charge < -0.3 is 20.1 Å². The molecule has 5 rings (SSSR count). The Balaban J connectivity index is 1.44.